The van der Waals surface area contributed by atoms with Gasteiger partial charge in [-0.05, 0) is 38.7 Å². The van der Waals surface area contributed by atoms with Crippen molar-refractivity contribution in [2.75, 3.05) is 41.3 Å². The van der Waals surface area contributed by atoms with Crippen molar-refractivity contribution in [3.63, 3.8) is 0 Å². The first-order valence-corrected chi connectivity index (χ1v) is 10.6. The molecule has 2 rings (SSSR count). The fourth-order valence-corrected chi connectivity index (χ4v) is 3.80. The predicted molar refractivity (Wildman–Crippen MR) is 112 cm³/mol. The topological polar surface area (TPSA) is 69.7 Å². The summed E-state index contributed by atoms with van der Waals surface area (Å²) in [6.07, 6.45) is 0. The molecule has 0 aliphatic carbocycles. The van der Waals surface area contributed by atoms with E-state index in [1.54, 1.807) is 12.1 Å². The number of nitrogens with zero attached hydrogens (tertiary/aromatic N) is 2. The lowest BCUT2D eigenvalue weighted by Crippen LogP contribution is -2.34. The summed E-state index contributed by atoms with van der Waals surface area (Å²) in [5, 5.41) is 3.21. The molecule has 0 heterocycles. The highest BCUT2D eigenvalue weighted by molar-refractivity contribution is 7.89. The third kappa shape index (κ3) is 5.48. The van der Waals surface area contributed by atoms with Gasteiger partial charge < -0.3 is 10.2 Å². The van der Waals surface area contributed by atoms with Gasteiger partial charge in [-0.3, -0.25) is 4.79 Å². The Hall–Kier alpha value is -2.06. The maximum absolute atomic E-state index is 12.5. The number of hydrogen-bond acceptors (Lipinski definition) is 5. The lowest BCUT2D eigenvalue weighted by molar-refractivity contribution is 0.0988. The largest absolute Gasteiger partial charge is 0.308 e. The summed E-state index contributed by atoms with van der Waals surface area (Å²) in [6.45, 7) is 2.80. The number of carbonyl (C=O) groups is 1. The van der Waals surface area contributed by atoms with Gasteiger partial charge in [0.15, 0.2) is 5.78 Å². The van der Waals surface area contributed by atoms with Crippen LogP contribution in [0.25, 0.3) is 0 Å². The number of hydrogen-bond donors (Lipinski definition) is 1. The van der Waals surface area contributed by atoms with Gasteiger partial charge in [0, 0.05) is 32.2 Å². The van der Waals surface area contributed by atoms with Crippen LogP contribution in [0.5, 0.6) is 0 Å². The number of likely N-dealkylation sites (N-methyl/N-ethyl adjacent to an activating group) is 1. The van der Waals surface area contributed by atoms with Gasteiger partial charge in [-0.15, -0.1) is 0 Å². The number of aryl methyl sites for hydroxylation is 1. The Morgan fingerprint density at radius 3 is 2.25 bits per heavy atom. The van der Waals surface area contributed by atoms with E-state index < -0.39 is 10.0 Å². The van der Waals surface area contributed by atoms with Crippen LogP contribution in [0.2, 0.25) is 0 Å². The van der Waals surface area contributed by atoms with Gasteiger partial charge in [0.25, 0.3) is 0 Å². The second-order valence-corrected chi connectivity index (χ2v) is 9.41. The Balaban J connectivity index is 2.04. The number of sulfonamides is 1. The van der Waals surface area contributed by atoms with Crippen LogP contribution in [0.15, 0.2) is 53.4 Å². The summed E-state index contributed by atoms with van der Waals surface area (Å²) in [4.78, 5) is 14.8. The summed E-state index contributed by atoms with van der Waals surface area (Å²) in [6, 6.07) is 14.6. The Morgan fingerprint density at radius 2 is 1.68 bits per heavy atom. The van der Waals surface area contributed by atoms with E-state index in [9.17, 15) is 13.2 Å². The molecule has 152 valence electrons. The number of benzene rings is 2. The first-order valence-electron chi connectivity index (χ1n) is 9.12. The molecule has 0 aromatic heterocycles. The maximum atomic E-state index is 12.5. The molecular formula is C21H29N3O3S. The Morgan fingerprint density at radius 1 is 1.04 bits per heavy atom. The Bertz CT molecular complexity index is 907. The Labute approximate surface area is 168 Å². The van der Waals surface area contributed by atoms with Gasteiger partial charge in [-0.1, -0.05) is 42.0 Å². The molecule has 28 heavy (non-hydrogen) atoms. The highest BCUT2D eigenvalue weighted by Crippen LogP contribution is 2.18. The summed E-state index contributed by atoms with van der Waals surface area (Å²) in [7, 11) is 3.38. The Kier molecular flexibility index (Phi) is 7.48. The third-order valence-corrected chi connectivity index (χ3v) is 6.45. The van der Waals surface area contributed by atoms with Crippen LogP contribution >= 0.6 is 0 Å². The minimum Gasteiger partial charge on any atom is -0.308 e. The fourth-order valence-electron chi connectivity index (χ4n) is 2.85. The molecule has 6 nitrogen and oxygen atoms in total. The average Bonchev–Trinajstić information content (AvgIpc) is 2.65. The van der Waals surface area contributed by atoms with Gasteiger partial charge in [0.05, 0.1) is 11.4 Å². The van der Waals surface area contributed by atoms with E-state index in [1.165, 1.54) is 37.4 Å². The first kappa shape index (κ1) is 22.2. The molecule has 0 aliphatic rings. The molecule has 2 aromatic carbocycles. The molecule has 0 spiro atoms. The van der Waals surface area contributed by atoms with E-state index in [0.717, 1.165) is 4.31 Å². The monoisotopic (exact) mass is 403 g/mol. The molecule has 1 atom stereocenters. The van der Waals surface area contributed by atoms with Crippen molar-refractivity contribution in [1.82, 2.24) is 14.5 Å². The molecule has 0 bridgehead atoms. The molecule has 0 saturated carbocycles. The van der Waals surface area contributed by atoms with Crippen LogP contribution in [0.1, 0.15) is 27.5 Å². The number of carbonyl (C=O) groups excluding carboxylic acids is 1. The van der Waals surface area contributed by atoms with Gasteiger partial charge in [0.1, 0.15) is 0 Å². The average molecular weight is 404 g/mol. The molecule has 2 aromatic rings. The van der Waals surface area contributed by atoms with Crippen LogP contribution < -0.4 is 5.32 Å². The van der Waals surface area contributed by atoms with E-state index in [0.29, 0.717) is 12.1 Å². The summed E-state index contributed by atoms with van der Waals surface area (Å²) in [5.74, 6) is -0.141. The second kappa shape index (κ2) is 9.43. The van der Waals surface area contributed by atoms with E-state index in [1.807, 2.05) is 14.1 Å². The van der Waals surface area contributed by atoms with Gasteiger partial charge in [-0.25, -0.2) is 12.7 Å². The fraction of sp³-hybridized carbons (Fsp3) is 0.381. The highest BCUT2D eigenvalue weighted by Gasteiger charge is 2.19. The van der Waals surface area contributed by atoms with Gasteiger partial charge in [-0.2, -0.15) is 0 Å². The van der Waals surface area contributed by atoms with E-state index in [2.05, 4.69) is 41.4 Å². The summed E-state index contributed by atoms with van der Waals surface area (Å²) in [5.41, 5.74) is 2.76. The van der Waals surface area contributed by atoms with E-state index in [-0.39, 0.29) is 23.3 Å². The highest BCUT2D eigenvalue weighted by atomic mass is 32.2. The quantitative estimate of drug-likeness (QED) is 0.651. The molecule has 7 heteroatoms. The zero-order valence-electron chi connectivity index (χ0n) is 17.1. The molecular weight excluding hydrogens is 374 g/mol. The lowest BCUT2D eigenvalue weighted by atomic mass is 10.0. The van der Waals surface area contributed by atoms with Crippen molar-refractivity contribution in [2.24, 2.45) is 0 Å². The standard InChI is InChI=1S/C21H29N3O3S/c1-16-9-11-17(12-10-16)20(23(2)3)14-22-15-21(25)18-7-6-8-19(13-18)28(26,27)24(4)5/h6-13,20,22H,14-15H2,1-5H3. The summed E-state index contributed by atoms with van der Waals surface area (Å²) < 4.78 is 25.7. The number of Topliss-reactive ketones (excluding diaryl/α,β-unsaturated/α-hetero) is 1. The van der Waals surface area contributed by atoms with Crippen LogP contribution in [0.4, 0.5) is 0 Å². The van der Waals surface area contributed by atoms with Crippen LogP contribution in [0, 0.1) is 6.92 Å². The van der Waals surface area contributed by atoms with Crippen molar-refractivity contribution in [3.8, 4) is 0 Å². The van der Waals surface area contributed by atoms with E-state index in [4.69, 9.17) is 0 Å². The number of ketones is 1. The van der Waals surface area contributed by atoms with Crippen LogP contribution in [-0.4, -0.2) is 64.7 Å². The van der Waals surface area contributed by atoms with Crippen molar-refractivity contribution < 1.29 is 13.2 Å². The molecule has 0 radical (unpaired) electrons. The van der Waals surface area contributed by atoms with E-state index >= 15 is 0 Å². The SMILES string of the molecule is Cc1ccc(C(CNCC(=O)c2cccc(S(=O)(=O)N(C)C)c2)N(C)C)cc1. The molecule has 1 unspecified atom stereocenters. The predicted octanol–water partition coefficient (Wildman–Crippen LogP) is 2.32. The second-order valence-electron chi connectivity index (χ2n) is 7.26. The van der Waals surface area contributed by atoms with Crippen molar-refractivity contribution in [3.05, 3.63) is 65.2 Å². The van der Waals surface area contributed by atoms with Gasteiger partial charge in [0.2, 0.25) is 10.0 Å². The molecule has 0 amide bonds. The molecule has 0 fully saturated rings. The third-order valence-electron chi connectivity index (χ3n) is 4.64. The normalized spacial score (nSPS) is 13.1. The minimum absolute atomic E-state index is 0.120. The smallest absolute Gasteiger partial charge is 0.242 e. The number of nitrogens with one attached hydrogen (secondary N) is 1. The first-order chi connectivity index (χ1) is 13.1. The molecule has 0 saturated heterocycles. The maximum Gasteiger partial charge on any atom is 0.242 e. The summed E-state index contributed by atoms with van der Waals surface area (Å²) >= 11 is 0. The molecule has 0 aliphatic heterocycles. The minimum atomic E-state index is -3.56. The van der Waals surface area contributed by atoms with Gasteiger partial charge >= 0.3 is 0 Å². The van der Waals surface area contributed by atoms with Crippen LogP contribution in [-0.2, 0) is 10.0 Å². The molecule has 1 N–H and O–H groups in total. The van der Waals surface area contributed by atoms with Crippen LogP contribution in [0.3, 0.4) is 0 Å². The van der Waals surface area contributed by atoms with Crippen molar-refractivity contribution in [1.29, 1.82) is 0 Å². The zero-order valence-corrected chi connectivity index (χ0v) is 18.0. The lowest BCUT2D eigenvalue weighted by Gasteiger charge is -2.25. The zero-order chi connectivity index (χ0) is 20.9. The number of rotatable bonds is 9. The van der Waals surface area contributed by atoms with Crippen molar-refractivity contribution >= 4 is 15.8 Å². The van der Waals surface area contributed by atoms with Crippen molar-refractivity contribution in [2.45, 2.75) is 17.9 Å².